The van der Waals surface area contributed by atoms with Gasteiger partial charge in [-0.1, -0.05) is 29.8 Å². The molecule has 0 aromatic heterocycles. The molecular weight excluding hydrogens is 348 g/mol. The molecule has 0 fully saturated rings. The molecule has 2 rings (SSSR count). The quantitative estimate of drug-likeness (QED) is 0.331. The van der Waals surface area contributed by atoms with E-state index in [2.05, 4.69) is 5.32 Å². The van der Waals surface area contributed by atoms with Gasteiger partial charge in [-0.05, 0) is 36.8 Å². The highest BCUT2D eigenvalue weighted by Crippen LogP contribution is 2.28. The number of aryl methyl sites for hydroxylation is 1. The van der Waals surface area contributed by atoms with E-state index in [1.54, 1.807) is 24.3 Å². The van der Waals surface area contributed by atoms with Crippen LogP contribution in [0.4, 0.5) is 5.69 Å². The number of carbonyl (C=O) groups excluding carboxylic acids is 1. The zero-order valence-electron chi connectivity index (χ0n) is 15.5. The van der Waals surface area contributed by atoms with Gasteiger partial charge in [0.2, 0.25) is 6.54 Å². The number of hydrogen-bond donors (Lipinski definition) is 1. The van der Waals surface area contributed by atoms with Crippen molar-refractivity contribution in [2.24, 2.45) is 0 Å². The molecule has 0 saturated heterocycles. The van der Waals surface area contributed by atoms with Gasteiger partial charge >= 0.3 is 5.97 Å². The zero-order chi connectivity index (χ0) is 19.8. The van der Waals surface area contributed by atoms with Crippen LogP contribution in [0.3, 0.4) is 0 Å². The summed E-state index contributed by atoms with van der Waals surface area (Å²) >= 11 is 0. The zero-order valence-corrected chi connectivity index (χ0v) is 15.5. The van der Waals surface area contributed by atoms with Crippen molar-refractivity contribution in [1.82, 2.24) is 0 Å². The molecular formula is C20H22N2O5. The molecule has 1 atom stereocenters. The first kappa shape index (κ1) is 20.0. The van der Waals surface area contributed by atoms with E-state index in [0.717, 1.165) is 11.3 Å². The van der Waals surface area contributed by atoms with Crippen LogP contribution in [0.1, 0.15) is 17.0 Å². The first-order valence-electron chi connectivity index (χ1n) is 8.32. The molecule has 7 heteroatoms. The fourth-order valence-corrected chi connectivity index (χ4v) is 2.60. The highest BCUT2D eigenvalue weighted by molar-refractivity contribution is 5.90. The summed E-state index contributed by atoms with van der Waals surface area (Å²) < 4.78 is 9.98. The van der Waals surface area contributed by atoms with E-state index >= 15 is 0 Å². The van der Waals surface area contributed by atoms with Crippen LogP contribution in [0.15, 0.2) is 60.3 Å². The van der Waals surface area contributed by atoms with Crippen molar-refractivity contribution < 1.29 is 19.2 Å². The molecule has 0 aliphatic rings. The van der Waals surface area contributed by atoms with Crippen molar-refractivity contribution in [2.75, 3.05) is 26.1 Å². The van der Waals surface area contributed by atoms with Crippen LogP contribution in [0.2, 0.25) is 0 Å². The highest BCUT2D eigenvalue weighted by Gasteiger charge is 2.28. The molecule has 2 aromatic carbocycles. The maximum absolute atomic E-state index is 12.3. The van der Waals surface area contributed by atoms with E-state index in [1.807, 2.05) is 31.2 Å². The summed E-state index contributed by atoms with van der Waals surface area (Å²) in [4.78, 5) is 23.1. The van der Waals surface area contributed by atoms with E-state index in [4.69, 9.17) is 9.47 Å². The van der Waals surface area contributed by atoms with Crippen molar-refractivity contribution in [3.8, 4) is 5.75 Å². The molecule has 27 heavy (non-hydrogen) atoms. The van der Waals surface area contributed by atoms with E-state index in [0.29, 0.717) is 11.3 Å². The summed E-state index contributed by atoms with van der Waals surface area (Å²) in [6, 6.07) is 14.4. The van der Waals surface area contributed by atoms with Gasteiger partial charge < -0.3 is 14.8 Å². The molecule has 0 radical (unpaired) electrons. The predicted molar refractivity (Wildman–Crippen MR) is 102 cm³/mol. The molecule has 0 heterocycles. The number of anilines is 1. The van der Waals surface area contributed by atoms with Gasteiger partial charge in [-0.25, -0.2) is 4.79 Å². The number of esters is 1. The normalized spacial score (nSPS) is 12.2. The van der Waals surface area contributed by atoms with Crippen LogP contribution < -0.4 is 10.1 Å². The van der Waals surface area contributed by atoms with Crippen molar-refractivity contribution in [1.29, 1.82) is 0 Å². The van der Waals surface area contributed by atoms with Crippen molar-refractivity contribution >= 4 is 11.7 Å². The van der Waals surface area contributed by atoms with Gasteiger partial charge in [-0.15, -0.1) is 0 Å². The van der Waals surface area contributed by atoms with Gasteiger partial charge in [0.05, 0.1) is 25.7 Å². The maximum atomic E-state index is 12.3. The lowest BCUT2D eigenvalue weighted by Crippen LogP contribution is -2.21. The molecule has 1 N–H and O–H groups in total. The minimum Gasteiger partial charge on any atom is -0.497 e. The minimum absolute atomic E-state index is 0.167. The third kappa shape index (κ3) is 5.57. The number of methoxy groups -OCH3 is 2. The van der Waals surface area contributed by atoms with E-state index in [9.17, 15) is 14.9 Å². The highest BCUT2D eigenvalue weighted by atomic mass is 16.6. The van der Waals surface area contributed by atoms with Gasteiger partial charge in [0.25, 0.3) is 0 Å². The van der Waals surface area contributed by atoms with Gasteiger partial charge in [0.15, 0.2) is 0 Å². The molecule has 0 amide bonds. The Bertz CT molecular complexity index is 813. The van der Waals surface area contributed by atoms with Crippen molar-refractivity contribution in [2.45, 2.75) is 12.8 Å². The molecule has 0 aliphatic heterocycles. The molecule has 142 valence electrons. The summed E-state index contributed by atoms with van der Waals surface area (Å²) in [7, 11) is 2.79. The van der Waals surface area contributed by atoms with Crippen LogP contribution in [0, 0.1) is 17.0 Å². The van der Waals surface area contributed by atoms with Gasteiger partial charge in [0.1, 0.15) is 5.75 Å². The molecule has 0 aliphatic carbocycles. The standard InChI is InChI=1S/C20H22N2O5/c1-14-4-8-16(9-5-14)21-12-18(20(23)27-3)19(13-22(24)25)15-6-10-17(26-2)11-7-15/h4-12,19,21H,13H2,1-3H3/b18-12-. The topological polar surface area (TPSA) is 90.7 Å². The minimum atomic E-state index is -0.767. The average molecular weight is 370 g/mol. The van der Waals surface area contributed by atoms with Gasteiger partial charge in [-0.2, -0.15) is 0 Å². The largest absolute Gasteiger partial charge is 0.497 e. The second-order valence-electron chi connectivity index (χ2n) is 5.94. The molecule has 1 unspecified atom stereocenters. The first-order chi connectivity index (χ1) is 12.9. The number of nitrogens with zero attached hydrogens (tertiary/aromatic N) is 1. The third-order valence-electron chi connectivity index (χ3n) is 4.09. The summed E-state index contributed by atoms with van der Waals surface area (Å²) in [6.07, 6.45) is 1.47. The van der Waals surface area contributed by atoms with Crippen LogP contribution in [0.25, 0.3) is 0 Å². The Labute approximate surface area is 157 Å². The fourth-order valence-electron chi connectivity index (χ4n) is 2.60. The molecule has 0 bridgehead atoms. The lowest BCUT2D eigenvalue weighted by Gasteiger charge is -2.17. The van der Waals surface area contributed by atoms with Crippen LogP contribution in [0.5, 0.6) is 5.75 Å². The predicted octanol–water partition coefficient (Wildman–Crippen LogP) is 3.53. The third-order valence-corrected chi connectivity index (χ3v) is 4.09. The SMILES string of the molecule is COC(=O)/C(=C\Nc1ccc(C)cc1)C(C[N+](=O)[O-])c1ccc(OC)cc1. The average Bonchev–Trinajstić information content (AvgIpc) is 2.68. The van der Waals surface area contributed by atoms with E-state index < -0.39 is 23.4 Å². The van der Waals surface area contributed by atoms with Crippen LogP contribution in [-0.4, -0.2) is 31.7 Å². The number of nitro groups is 1. The molecule has 0 spiro atoms. The monoisotopic (exact) mass is 370 g/mol. The molecule has 2 aromatic rings. The van der Waals surface area contributed by atoms with E-state index in [-0.39, 0.29) is 5.57 Å². The second-order valence-corrected chi connectivity index (χ2v) is 5.94. The smallest absolute Gasteiger partial charge is 0.336 e. The first-order valence-corrected chi connectivity index (χ1v) is 8.32. The molecule has 0 saturated carbocycles. The Kier molecular flexibility index (Phi) is 6.93. The second kappa shape index (κ2) is 9.38. The Hall–Kier alpha value is -3.35. The van der Waals surface area contributed by atoms with Crippen LogP contribution in [-0.2, 0) is 9.53 Å². The Balaban J connectivity index is 2.39. The summed E-state index contributed by atoms with van der Waals surface area (Å²) in [5.74, 6) is -0.770. The summed E-state index contributed by atoms with van der Waals surface area (Å²) in [5.41, 5.74) is 2.65. The number of rotatable bonds is 8. The number of carbonyl (C=O) groups is 1. The number of hydrogen-bond acceptors (Lipinski definition) is 6. The summed E-state index contributed by atoms with van der Waals surface area (Å²) in [6.45, 7) is 1.53. The van der Waals surface area contributed by atoms with Crippen LogP contribution >= 0.6 is 0 Å². The lowest BCUT2D eigenvalue weighted by atomic mass is 9.91. The maximum Gasteiger partial charge on any atom is 0.336 e. The van der Waals surface area contributed by atoms with Gasteiger partial charge in [0, 0.05) is 16.8 Å². The Morgan fingerprint density at radius 2 is 1.78 bits per heavy atom. The van der Waals surface area contributed by atoms with Gasteiger partial charge in [-0.3, -0.25) is 10.1 Å². The fraction of sp³-hybridized carbons (Fsp3) is 0.250. The number of ether oxygens (including phenoxy) is 2. The molecule has 7 nitrogen and oxygen atoms in total. The number of nitrogens with one attached hydrogen (secondary N) is 1. The van der Waals surface area contributed by atoms with E-state index in [1.165, 1.54) is 20.4 Å². The summed E-state index contributed by atoms with van der Waals surface area (Å²) in [5, 5.41) is 14.2. The lowest BCUT2D eigenvalue weighted by molar-refractivity contribution is -0.481. The Morgan fingerprint density at radius 1 is 1.15 bits per heavy atom. The van der Waals surface area contributed by atoms with Crippen molar-refractivity contribution in [3.63, 3.8) is 0 Å². The Morgan fingerprint density at radius 3 is 2.30 bits per heavy atom. The van der Waals surface area contributed by atoms with Crippen molar-refractivity contribution in [3.05, 3.63) is 81.5 Å². The number of benzene rings is 2.